The number of anilines is 1. The summed E-state index contributed by atoms with van der Waals surface area (Å²) in [6.45, 7) is 8.01. The second kappa shape index (κ2) is 9.03. The van der Waals surface area contributed by atoms with Gasteiger partial charge in [0.25, 0.3) is 0 Å². The topological polar surface area (TPSA) is 117 Å². The van der Waals surface area contributed by atoms with Gasteiger partial charge in [0.05, 0.1) is 31.4 Å². The molecule has 0 aromatic carbocycles. The van der Waals surface area contributed by atoms with E-state index in [1.165, 1.54) is 6.33 Å². The van der Waals surface area contributed by atoms with Gasteiger partial charge in [-0.1, -0.05) is 0 Å². The lowest BCUT2D eigenvalue weighted by Gasteiger charge is -2.17. The minimum atomic E-state index is -0.350. The van der Waals surface area contributed by atoms with Gasteiger partial charge in [-0.05, 0) is 36.4 Å². The van der Waals surface area contributed by atoms with Gasteiger partial charge in [0, 0.05) is 0 Å². The molecule has 0 saturated heterocycles. The number of imidazole rings is 1. The highest BCUT2D eigenvalue weighted by Gasteiger charge is 2.15. The molecule has 0 aliphatic heterocycles. The molecule has 0 aliphatic rings. The third-order valence-corrected chi connectivity index (χ3v) is 4.30. The number of nitrogen functional groups attached to an aromatic ring is 1. The molecule has 0 bridgehead atoms. The monoisotopic (exact) mass is 368 g/mol. The van der Waals surface area contributed by atoms with Crippen molar-refractivity contribution in [2.75, 3.05) is 12.1 Å². The van der Waals surface area contributed by atoms with Crippen LogP contribution >= 0.6 is 8.73 Å². The summed E-state index contributed by atoms with van der Waals surface area (Å²) in [5.41, 5.74) is 7.06. The molecule has 3 atom stereocenters. The fourth-order valence-corrected chi connectivity index (χ4v) is 3.01. The van der Waals surface area contributed by atoms with E-state index >= 15 is 0 Å². The number of hydrogen-bond acceptors (Lipinski definition) is 8. The molecule has 2 heterocycles. The van der Waals surface area contributed by atoms with Crippen LogP contribution in [0.25, 0.3) is 11.2 Å². The smallest absolute Gasteiger partial charge is 0.323 e. The Hall–Kier alpha value is -1.83. The first-order valence-corrected chi connectivity index (χ1v) is 9.31. The maximum Gasteiger partial charge on any atom is 0.323 e. The summed E-state index contributed by atoms with van der Waals surface area (Å²) >= 11 is 0. The largest absolute Gasteiger partial charge is 0.462 e. The molecule has 0 amide bonds. The number of aromatic nitrogens is 4. The summed E-state index contributed by atoms with van der Waals surface area (Å²) in [7, 11) is 0.299. The molecule has 0 aliphatic carbocycles. The minimum absolute atomic E-state index is 0.0409. The van der Waals surface area contributed by atoms with Crippen molar-refractivity contribution < 1.29 is 14.3 Å². The molecular weight excluding hydrogens is 343 g/mol. The number of hydrogen-bond donors (Lipinski definition) is 2. The summed E-state index contributed by atoms with van der Waals surface area (Å²) in [5, 5.41) is 3.11. The number of nitrogens with zero attached hydrogens (tertiary/aromatic N) is 4. The third kappa shape index (κ3) is 5.59. The summed E-state index contributed by atoms with van der Waals surface area (Å²) in [6.07, 6.45) is 3.45. The van der Waals surface area contributed by atoms with E-state index in [9.17, 15) is 4.79 Å². The van der Waals surface area contributed by atoms with Gasteiger partial charge in [-0.15, -0.1) is 0 Å². The number of esters is 1. The maximum absolute atomic E-state index is 11.7. The number of nitrogens with one attached hydrogen (secondary N) is 1. The summed E-state index contributed by atoms with van der Waals surface area (Å²) < 4.78 is 12.8. The predicted octanol–water partition coefficient (Wildman–Crippen LogP) is 1.29. The molecule has 3 N–H and O–H groups in total. The minimum Gasteiger partial charge on any atom is -0.462 e. The van der Waals surface area contributed by atoms with Crippen molar-refractivity contribution >= 4 is 31.7 Å². The van der Waals surface area contributed by atoms with Crippen molar-refractivity contribution in [1.29, 1.82) is 0 Å². The first-order chi connectivity index (χ1) is 11.9. The van der Waals surface area contributed by atoms with Crippen LogP contribution < -0.4 is 10.8 Å². The molecule has 25 heavy (non-hydrogen) atoms. The first-order valence-electron chi connectivity index (χ1n) is 8.10. The molecule has 138 valence electrons. The molecule has 2 rings (SSSR count). The van der Waals surface area contributed by atoms with Crippen LogP contribution in [-0.4, -0.2) is 50.1 Å². The molecule has 2 aromatic rings. The van der Waals surface area contributed by atoms with Crippen LogP contribution in [-0.2, 0) is 20.8 Å². The van der Waals surface area contributed by atoms with Gasteiger partial charge in [-0.3, -0.25) is 9.88 Å². The molecule has 10 heteroatoms. The second-order valence-electron chi connectivity index (χ2n) is 5.98. The number of carbonyl (C=O) groups excluding carboxylic acids is 1. The highest BCUT2D eigenvalue weighted by atomic mass is 31.1. The highest BCUT2D eigenvalue weighted by molar-refractivity contribution is 7.35. The summed E-state index contributed by atoms with van der Waals surface area (Å²) in [4.78, 5) is 24.1. The van der Waals surface area contributed by atoms with Gasteiger partial charge in [0.15, 0.2) is 11.5 Å². The highest BCUT2D eigenvalue weighted by Crippen LogP contribution is 2.16. The molecule has 1 unspecified atom stereocenters. The maximum atomic E-state index is 11.7. The van der Waals surface area contributed by atoms with Crippen LogP contribution in [0.1, 0.15) is 27.7 Å². The Morgan fingerprint density at radius 2 is 2.08 bits per heavy atom. The number of ether oxygens (including phenoxy) is 2. The number of rotatable bonds is 9. The fraction of sp³-hybridized carbons (Fsp3) is 0.600. The average molecular weight is 368 g/mol. The zero-order chi connectivity index (χ0) is 18.4. The number of fused-ring (bicyclic) bond motifs is 1. The standard InChI is InChI=1S/C15H25N6O3P/c1-9(2)24-15(22)11(4)20-25-8-23-10(3)5-21-7-19-12-13(16)17-6-18-14(12)21/h6-7,9-11,20,25H,5,8H2,1-4H3,(H2,16,17,18)/t10-,11+/m1/s1. The van der Waals surface area contributed by atoms with Crippen molar-refractivity contribution in [1.82, 2.24) is 24.6 Å². The van der Waals surface area contributed by atoms with E-state index < -0.39 is 0 Å². The molecule has 0 saturated carbocycles. The predicted molar refractivity (Wildman–Crippen MR) is 97.3 cm³/mol. The van der Waals surface area contributed by atoms with E-state index in [1.54, 1.807) is 13.3 Å². The normalized spacial score (nSPS) is 14.4. The van der Waals surface area contributed by atoms with Crippen molar-refractivity contribution in [2.24, 2.45) is 0 Å². The van der Waals surface area contributed by atoms with E-state index in [0.29, 0.717) is 38.6 Å². The quantitative estimate of drug-likeness (QED) is 0.386. The van der Waals surface area contributed by atoms with E-state index in [1.807, 2.05) is 25.3 Å². The van der Waals surface area contributed by atoms with Gasteiger partial charge in [-0.2, -0.15) is 0 Å². The Morgan fingerprint density at radius 3 is 2.80 bits per heavy atom. The van der Waals surface area contributed by atoms with Crippen molar-refractivity contribution in [3.63, 3.8) is 0 Å². The number of carbonyl (C=O) groups is 1. The zero-order valence-electron chi connectivity index (χ0n) is 14.9. The van der Waals surface area contributed by atoms with Crippen LogP contribution in [0.15, 0.2) is 12.7 Å². The summed E-state index contributed by atoms with van der Waals surface area (Å²) in [6, 6.07) is -0.350. The van der Waals surface area contributed by atoms with Crippen molar-refractivity contribution in [2.45, 2.75) is 52.5 Å². The Morgan fingerprint density at radius 1 is 1.32 bits per heavy atom. The lowest BCUT2D eigenvalue weighted by atomic mass is 10.4. The van der Waals surface area contributed by atoms with Crippen LogP contribution in [0, 0.1) is 0 Å². The second-order valence-corrected chi connectivity index (χ2v) is 6.91. The van der Waals surface area contributed by atoms with Gasteiger partial charge in [0.2, 0.25) is 0 Å². The van der Waals surface area contributed by atoms with Crippen LogP contribution in [0.4, 0.5) is 5.82 Å². The van der Waals surface area contributed by atoms with Crippen LogP contribution in [0.5, 0.6) is 0 Å². The lowest BCUT2D eigenvalue weighted by Crippen LogP contribution is -2.32. The molecule has 9 nitrogen and oxygen atoms in total. The van der Waals surface area contributed by atoms with E-state index in [4.69, 9.17) is 15.2 Å². The number of nitrogens with two attached hydrogens (primary N) is 1. The van der Waals surface area contributed by atoms with Crippen molar-refractivity contribution in [3.05, 3.63) is 12.7 Å². The van der Waals surface area contributed by atoms with E-state index in [-0.39, 0.29) is 24.2 Å². The van der Waals surface area contributed by atoms with Crippen LogP contribution in [0.2, 0.25) is 0 Å². The fourth-order valence-electron chi connectivity index (χ4n) is 2.13. The Bertz CT molecular complexity index is 708. The third-order valence-electron chi connectivity index (χ3n) is 3.35. The van der Waals surface area contributed by atoms with Gasteiger partial charge in [-0.25, -0.2) is 15.0 Å². The molecule has 0 fully saturated rings. The summed E-state index contributed by atoms with van der Waals surface area (Å²) in [5.74, 6) is 0.114. The van der Waals surface area contributed by atoms with Crippen LogP contribution in [0.3, 0.4) is 0 Å². The first kappa shape index (κ1) is 19.5. The SMILES string of the molecule is CC(C)OC(=O)[C@H](C)NPCO[C@H](C)Cn1cnc2c(N)ncnc21. The molecule has 0 spiro atoms. The molecule has 2 aromatic heterocycles. The Labute approximate surface area is 148 Å². The molecule has 0 radical (unpaired) electrons. The molecular formula is C15H25N6O3P. The van der Waals surface area contributed by atoms with Gasteiger partial charge < -0.3 is 19.8 Å². The Kier molecular flexibility index (Phi) is 7.04. The van der Waals surface area contributed by atoms with Gasteiger partial charge in [0.1, 0.15) is 17.9 Å². The zero-order valence-corrected chi connectivity index (χ0v) is 15.9. The Balaban J connectivity index is 1.74. The van der Waals surface area contributed by atoms with Gasteiger partial charge >= 0.3 is 5.97 Å². The van der Waals surface area contributed by atoms with E-state index in [2.05, 4.69) is 20.0 Å². The average Bonchev–Trinajstić information content (AvgIpc) is 2.95. The lowest BCUT2D eigenvalue weighted by molar-refractivity contribution is -0.148. The van der Waals surface area contributed by atoms with E-state index in [0.717, 1.165) is 0 Å². The van der Waals surface area contributed by atoms with Crippen molar-refractivity contribution in [3.8, 4) is 0 Å².